The third-order valence-electron chi connectivity index (χ3n) is 7.34. The number of H-pyrrole nitrogens is 1. The molecule has 1 saturated carbocycles. The first-order chi connectivity index (χ1) is 18.4. The lowest BCUT2D eigenvalue weighted by molar-refractivity contribution is -0.123. The van der Waals surface area contributed by atoms with E-state index >= 15 is 0 Å². The molecule has 3 atom stereocenters. The summed E-state index contributed by atoms with van der Waals surface area (Å²) in [5.74, 6) is 0.0464. The molecule has 2 aromatic heterocycles. The third kappa shape index (κ3) is 6.50. The number of benzene rings is 1. The van der Waals surface area contributed by atoms with Crippen molar-refractivity contribution in [1.29, 1.82) is 5.26 Å². The zero-order chi connectivity index (χ0) is 27.1. The number of anilines is 1. The highest BCUT2D eigenvalue weighted by atomic mass is 16.3. The SMILES string of the molecule is Cc1cc2ccc(N(C)C(C(=O)NC3CCCCC3)c3cccnc3)cc2[nH]1.N#CN1CC(O)CC1C=O. The van der Waals surface area contributed by atoms with Crippen LogP contribution in [0.4, 0.5) is 5.69 Å². The number of hydrogen-bond donors (Lipinski definition) is 3. The Labute approximate surface area is 223 Å². The van der Waals surface area contributed by atoms with Gasteiger partial charge >= 0.3 is 0 Å². The number of amides is 1. The smallest absolute Gasteiger partial charge is 0.247 e. The maximum Gasteiger partial charge on any atom is 0.247 e. The highest BCUT2D eigenvalue weighted by molar-refractivity contribution is 5.89. The van der Waals surface area contributed by atoms with Crippen LogP contribution in [0.2, 0.25) is 0 Å². The van der Waals surface area contributed by atoms with Gasteiger partial charge < -0.3 is 25.1 Å². The Balaban J connectivity index is 0.000000283. The van der Waals surface area contributed by atoms with Crippen LogP contribution in [0.3, 0.4) is 0 Å². The molecule has 1 amide bonds. The molecule has 9 nitrogen and oxygen atoms in total. The molecule has 3 unspecified atom stereocenters. The van der Waals surface area contributed by atoms with Gasteiger partial charge in [-0.05, 0) is 49.4 Å². The van der Waals surface area contributed by atoms with Crippen molar-refractivity contribution >= 4 is 28.8 Å². The number of rotatable bonds is 6. The van der Waals surface area contributed by atoms with Crippen LogP contribution in [-0.4, -0.2) is 63.9 Å². The van der Waals surface area contributed by atoms with Crippen molar-refractivity contribution in [1.82, 2.24) is 20.2 Å². The van der Waals surface area contributed by atoms with E-state index in [1.807, 2.05) is 30.3 Å². The molecule has 0 bridgehead atoms. The summed E-state index contributed by atoms with van der Waals surface area (Å²) in [5, 5.41) is 21.8. The summed E-state index contributed by atoms with van der Waals surface area (Å²) in [6.07, 6.45) is 11.7. The number of carbonyl (C=O) groups excluding carboxylic acids is 2. The molecule has 38 heavy (non-hydrogen) atoms. The van der Waals surface area contributed by atoms with E-state index < -0.39 is 18.2 Å². The average Bonchev–Trinajstić information content (AvgIpc) is 3.50. The van der Waals surface area contributed by atoms with Crippen LogP contribution in [0.15, 0.2) is 48.8 Å². The zero-order valence-corrected chi connectivity index (χ0v) is 22.0. The summed E-state index contributed by atoms with van der Waals surface area (Å²) < 4.78 is 0. The number of pyridine rings is 1. The fourth-order valence-corrected chi connectivity index (χ4v) is 5.33. The number of nitrogens with one attached hydrogen (secondary N) is 2. The molecule has 3 heterocycles. The Bertz CT molecular complexity index is 1260. The van der Waals surface area contributed by atoms with Gasteiger partial charge in [-0.2, -0.15) is 5.26 Å². The van der Waals surface area contributed by atoms with Crippen molar-refractivity contribution < 1.29 is 14.7 Å². The highest BCUT2D eigenvalue weighted by Gasteiger charge is 2.30. The second kappa shape index (κ2) is 12.6. The van der Waals surface area contributed by atoms with Crippen molar-refractivity contribution in [2.45, 2.75) is 69.7 Å². The van der Waals surface area contributed by atoms with E-state index in [-0.39, 0.29) is 11.9 Å². The lowest BCUT2D eigenvalue weighted by atomic mass is 9.95. The van der Waals surface area contributed by atoms with Gasteiger partial charge in [0.2, 0.25) is 5.91 Å². The van der Waals surface area contributed by atoms with Crippen molar-refractivity contribution in [3.63, 3.8) is 0 Å². The summed E-state index contributed by atoms with van der Waals surface area (Å²) >= 11 is 0. The van der Waals surface area contributed by atoms with E-state index in [0.29, 0.717) is 19.3 Å². The molecule has 9 heteroatoms. The number of carbonyl (C=O) groups is 2. The Morgan fingerprint density at radius 3 is 2.74 bits per heavy atom. The number of likely N-dealkylation sites (tertiary alicyclic amines) is 1. The summed E-state index contributed by atoms with van der Waals surface area (Å²) in [6, 6.07) is 11.8. The van der Waals surface area contributed by atoms with Crippen LogP contribution in [0.25, 0.3) is 10.9 Å². The van der Waals surface area contributed by atoms with Gasteiger partial charge in [0.1, 0.15) is 12.3 Å². The topological polar surface area (TPSA) is 125 Å². The van der Waals surface area contributed by atoms with Gasteiger partial charge in [0.15, 0.2) is 6.19 Å². The van der Waals surface area contributed by atoms with E-state index in [2.05, 4.69) is 46.5 Å². The van der Waals surface area contributed by atoms with Crippen molar-refractivity contribution in [3.05, 3.63) is 60.0 Å². The number of aromatic amines is 1. The van der Waals surface area contributed by atoms with E-state index in [0.717, 1.165) is 35.3 Å². The van der Waals surface area contributed by atoms with Crippen LogP contribution < -0.4 is 10.2 Å². The lowest BCUT2D eigenvalue weighted by Gasteiger charge is -2.32. The van der Waals surface area contributed by atoms with E-state index in [9.17, 15) is 9.59 Å². The molecule has 200 valence electrons. The van der Waals surface area contributed by atoms with Crippen molar-refractivity contribution in [2.24, 2.45) is 0 Å². The third-order valence-corrected chi connectivity index (χ3v) is 7.34. The van der Waals surface area contributed by atoms with Gasteiger partial charge in [-0.3, -0.25) is 14.7 Å². The summed E-state index contributed by atoms with van der Waals surface area (Å²) in [4.78, 5) is 34.5. The molecule has 5 rings (SSSR count). The molecular formula is C29H36N6O3. The van der Waals surface area contributed by atoms with E-state index in [4.69, 9.17) is 10.4 Å². The van der Waals surface area contributed by atoms with E-state index in [1.165, 1.54) is 29.5 Å². The highest BCUT2D eigenvalue weighted by Crippen LogP contribution is 2.29. The number of aliphatic hydroxyl groups is 1. The molecule has 1 aliphatic heterocycles. The number of nitriles is 1. The number of aldehydes is 1. The molecule has 2 fully saturated rings. The number of aryl methyl sites for hydroxylation is 1. The number of β-amino-alcohol motifs (C(OH)–C–C–N with tert-alkyl or cyclic N) is 1. The Morgan fingerprint density at radius 2 is 2.08 bits per heavy atom. The fourth-order valence-electron chi connectivity index (χ4n) is 5.33. The number of hydrogen-bond acceptors (Lipinski definition) is 7. The largest absolute Gasteiger partial charge is 0.391 e. The first-order valence-corrected chi connectivity index (χ1v) is 13.2. The first-order valence-electron chi connectivity index (χ1n) is 13.2. The normalized spacial score (nSPS) is 20.2. The van der Waals surface area contributed by atoms with Crippen molar-refractivity contribution in [3.8, 4) is 6.19 Å². The summed E-state index contributed by atoms with van der Waals surface area (Å²) in [6.45, 7) is 2.35. The Kier molecular flexibility index (Phi) is 8.98. The van der Waals surface area contributed by atoms with Gasteiger partial charge in [-0.15, -0.1) is 0 Å². The Hall–Kier alpha value is -3.90. The molecule has 3 N–H and O–H groups in total. The maximum atomic E-state index is 13.3. The molecule has 3 aromatic rings. The van der Waals surface area contributed by atoms with Gasteiger partial charge in [0.05, 0.1) is 18.7 Å². The summed E-state index contributed by atoms with van der Waals surface area (Å²) in [5.41, 5.74) is 4.12. The molecule has 2 aliphatic rings. The number of nitrogens with zero attached hydrogens (tertiary/aromatic N) is 4. The minimum Gasteiger partial charge on any atom is -0.391 e. The van der Waals surface area contributed by atoms with Crippen LogP contribution in [0.1, 0.15) is 55.8 Å². The standard InChI is InChI=1S/C23H28N4O.C6H8N2O2/c1-16-13-17-10-11-20(14-21(17)25-16)27(2)22(18-7-6-12-24-15-18)23(28)26-19-8-4-3-5-9-19;7-4-8-2-6(10)1-5(8)3-9/h6-7,10-15,19,22,25H,3-5,8-9H2,1-2H3,(H,26,28);3,5-6,10H,1-2H2. The van der Waals surface area contributed by atoms with E-state index in [1.54, 1.807) is 12.4 Å². The van der Waals surface area contributed by atoms with Gasteiger partial charge in [0, 0.05) is 54.4 Å². The molecule has 1 saturated heterocycles. The molecule has 1 aliphatic carbocycles. The summed E-state index contributed by atoms with van der Waals surface area (Å²) in [7, 11) is 1.98. The predicted molar refractivity (Wildman–Crippen MR) is 146 cm³/mol. The fraction of sp³-hybridized carbons (Fsp3) is 0.448. The van der Waals surface area contributed by atoms with Gasteiger partial charge in [-0.25, -0.2) is 0 Å². The lowest BCUT2D eigenvalue weighted by Crippen LogP contribution is -2.44. The number of aliphatic hydroxyl groups excluding tert-OH is 1. The molecule has 0 spiro atoms. The van der Waals surface area contributed by atoms with Gasteiger partial charge in [0.25, 0.3) is 0 Å². The molecular weight excluding hydrogens is 480 g/mol. The second-order valence-electron chi connectivity index (χ2n) is 10.2. The first kappa shape index (κ1) is 27.1. The predicted octanol–water partition coefficient (Wildman–Crippen LogP) is 3.60. The van der Waals surface area contributed by atoms with Crippen LogP contribution in [-0.2, 0) is 9.59 Å². The van der Waals surface area contributed by atoms with Crippen LogP contribution in [0.5, 0.6) is 0 Å². The average molecular weight is 517 g/mol. The minimum absolute atomic E-state index is 0.0464. The second-order valence-corrected chi connectivity index (χ2v) is 10.2. The quantitative estimate of drug-likeness (QED) is 0.338. The van der Waals surface area contributed by atoms with Crippen molar-refractivity contribution in [2.75, 3.05) is 18.5 Å². The monoisotopic (exact) mass is 516 g/mol. The minimum atomic E-state index is -0.519. The van der Waals surface area contributed by atoms with Crippen LogP contribution in [0, 0.1) is 18.4 Å². The van der Waals surface area contributed by atoms with Crippen LogP contribution >= 0.6 is 0 Å². The zero-order valence-electron chi connectivity index (χ0n) is 22.0. The Morgan fingerprint density at radius 1 is 1.29 bits per heavy atom. The maximum absolute atomic E-state index is 13.3. The van der Waals surface area contributed by atoms with Gasteiger partial charge in [-0.1, -0.05) is 31.4 Å². The molecule has 1 aromatic carbocycles. The number of likely N-dealkylation sites (N-methyl/N-ethyl adjacent to an activating group) is 1. The number of fused-ring (bicyclic) bond motifs is 1. The number of aromatic nitrogens is 2. The molecule has 0 radical (unpaired) electrons.